The molecule has 2 aromatic rings. The molecular weight excluding hydrogens is 256 g/mol. The van der Waals surface area contributed by atoms with Crippen molar-refractivity contribution >= 4 is 17.4 Å². The van der Waals surface area contributed by atoms with E-state index >= 15 is 0 Å². The van der Waals surface area contributed by atoms with Crippen LogP contribution in [0.5, 0.6) is 0 Å². The lowest BCUT2D eigenvalue weighted by Gasteiger charge is -2.26. The predicted octanol–water partition coefficient (Wildman–Crippen LogP) is 1.63. The third kappa shape index (κ3) is 1.57. The first-order valence-corrected chi connectivity index (χ1v) is 6.85. The number of ether oxygens (including phenoxy) is 1. The maximum atomic E-state index is 12.6. The number of rotatable bonds is 2. The molecule has 1 aliphatic heterocycles. The van der Waals surface area contributed by atoms with Crippen LogP contribution in [-0.2, 0) is 9.53 Å². The first-order chi connectivity index (χ1) is 9.60. The topological polar surface area (TPSA) is 68.5 Å². The van der Waals surface area contributed by atoms with Crippen LogP contribution in [0.4, 0.5) is 5.82 Å². The Morgan fingerprint density at radius 1 is 1.40 bits per heavy atom. The van der Waals surface area contributed by atoms with Crippen LogP contribution in [0.3, 0.4) is 0 Å². The van der Waals surface area contributed by atoms with Crippen molar-refractivity contribution in [1.82, 2.24) is 14.6 Å². The van der Waals surface area contributed by atoms with Gasteiger partial charge in [0.25, 0.3) is 5.91 Å². The first kappa shape index (κ1) is 11.8. The number of fused-ring (bicyclic) bond motifs is 3. The molecule has 1 N–H and O–H groups in total. The molecule has 0 spiro atoms. The standard InChI is InChI=1S/C14H16N4O2/c1-13-4-5-14(8-13,20-9-13)12(19)17-11-2-6-15-10-3-7-16-18(10)11/h2-3,6-7H,4-5,8-9H2,1H3,(H,17,19). The van der Waals surface area contributed by atoms with E-state index in [1.165, 1.54) is 0 Å². The summed E-state index contributed by atoms with van der Waals surface area (Å²) in [4.78, 5) is 16.8. The van der Waals surface area contributed by atoms with Gasteiger partial charge in [-0.15, -0.1) is 0 Å². The van der Waals surface area contributed by atoms with Gasteiger partial charge < -0.3 is 10.1 Å². The van der Waals surface area contributed by atoms with Crippen molar-refractivity contribution in [2.75, 3.05) is 11.9 Å². The maximum absolute atomic E-state index is 12.6. The van der Waals surface area contributed by atoms with E-state index in [4.69, 9.17) is 4.74 Å². The molecule has 20 heavy (non-hydrogen) atoms. The molecule has 2 aliphatic rings. The summed E-state index contributed by atoms with van der Waals surface area (Å²) >= 11 is 0. The Morgan fingerprint density at radius 3 is 3.00 bits per heavy atom. The molecule has 0 aromatic carbocycles. The van der Waals surface area contributed by atoms with Gasteiger partial charge in [0.2, 0.25) is 0 Å². The fourth-order valence-electron chi connectivity index (χ4n) is 3.35. The van der Waals surface area contributed by atoms with Crippen LogP contribution < -0.4 is 5.32 Å². The molecule has 6 heteroatoms. The maximum Gasteiger partial charge on any atom is 0.257 e. The molecule has 2 bridgehead atoms. The van der Waals surface area contributed by atoms with Crippen LogP contribution in [0.2, 0.25) is 0 Å². The molecular formula is C14H16N4O2. The second kappa shape index (κ2) is 3.79. The Labute approximate surface area is 116 Å². The minimum Gasteiger partial charge on any atom is -0.365 e. The highest BCUT2D eigenvalue weighted by atomic mass is 16.5. The molecule has 2 atom stereocenters. The highest BCUT2D eigenvalue weighted by Crippen LogP contribution is 2.52. The zero-order valence-electron chi connectivity index (χ0n) is 11.3. The second-order valence-electron chi connectivity index (χ2n) is 6.16. The second-order valence-corrected chi connectivity index (χ2v) is 6.16. The zero-order chi connectivity index (χ0) is 13.8. The van der Waals surface area contributed by atoms with E-state index in [0.717, 1.165) is 19.3 Å². The molecule has 1 amide bonds. The summed E-state index contributed by atoms with van der Waals surface area (Å²) in [7, 11) is 0. The zero-order valence-corrected chi connectivity index (χ0v) is 11.3. The summed E-state index contributed by atoms with van der Waals surface area (Å²) < 4.78 is 7.44. The minimum absolute atomic E-state index is 0.0678. The monoisotopic (exact) mass is 272 g/mol. The number of aromatic nitrogens is 3. The van der Waals surface area contributed by atoms with Crippen molar-refractivity contribution in [3.63, 3.8) is 0 Å². The molecule has 2 aromatic heterocycles. The summed E-state index contributed by atoms with van der Waals surface area (Å²) in [5.41, 5.74) is 0.220. The molecule has 1 saturated carbocycles. The fourth-order valence-corrected chi connectivity index (χ4v) is 3.35. The highest BCUT2D eigenvalue weighted by molar-refractivity contribution is 5.97. The summed E-state index contributed by atoms with van der Waals surface area (Å²) in [6.07, 6.45) is 5.98. The van der Waals surface area contributed by atoms with Crippen molar-refractivity contribution in [1.29, 1.82) is 0 Å². The van der Waals surface area contributed by atoms with Crippen molar-refractivity contribution in [3.8, 4) is 0 Å². The van der Waals surface area contributed by atoms with Crippen molar-refractivity contribution in [2.24, 2.45) is 5.41 Å². The van der Waals surface area contributed by atoms with Crippen LogP contribution in [-0.4, -0.2) is 32.7 Å². The van der Waals surface area contributed by atoms with Crippen molar-refractivity contribution < 1.29 is 9.53 Å². The Hall–Kier alpha value is -1.95. The molecule has 0 radical (unpaired) electrons. The Bertz CT molecular complexity index is 685. The molecule has 2 fully saturated rings. The summed E-state index contributed by atoms with van der Waals surface area (Å²) in [5.74, 6) is 0.560. The van der Waals surface area contributed by atoms with Crippen molar-refractivity contribution in [3.05, 3.63) is 24.5 Å². The smallest absolute Gasteiger partial charge is 0.257 e. The fraction of sp³-hybridized carbons (Fsp3) is 0.500. The Balaban J connectivity index is 1.63. The number of carbonyl (C=O) groups excluding carboxylic acids is 1. The van der Waals surface area contributed by atoms with Gasteiger partial charge in [-0.2, -0.15) is 9.61 Å². The molecule has 104 valence electrons. The first-order valence-electron chi connectivity index (χ1n) is 6.85. The normalized spacial score (nSPS) is 31.9. The van der Waals surface area contributed by atoms with Crippen LogP contribution in [0.15, 0.2) is 24.5 Å². The van der Waals surface area contributed by atoms with Gasteiger partial charge in [0.05, 0.1) is 12.8 Å². The Morgan fingerprint density at radius 2 is 2.30 bits per heavy atom. The van der Waals surface area contributed by atoms with Gasteiger partial charge in [-0.25, -0.2) is 4.98 Å². The Kier molecular flexibility index (Phi) is 2.24. The minimum atomic E-state index is -0.655. The highest BCUT2D eigenvalue weighted by Gasteiger charge is 2.57. The van der Waals surface area contributed by atoms with Crippen LogP contribution in [0, 0.1) is 5.41 Å². The summed E-state index contributed by atoms with van der Waals surface area (Å²) in [6.45, 7) is 2.86. The van der Waals surface area contributed by atoms with Crippen LogP contribution >= 0.6 is 0 Å². The van der Waals surface area contributed by atoms with Gasteiger partial charge in [-0.3, -0.25) is 4.79 Å². The number of carbonyl (C=O) groups is 1. The van der Waals surface area contributed by atoms with Crippen molar-refractivity contribution in [2.45, 2.75) is 31.8 Å². The molecule has 4 rings (SSSR count). The molecule has 1 saturated heterocycles. The number of hydrogen-bond donors (Lipinski definition) is 1. The summed E-state index contributed by atoms with van der Waals surface area (Å²) in [6, 6.07) is 3.55. The molecule has 2 unspecified atom stereocenters. The molecule has 3 heterocycles. The van der Waals surface area contributed by atoms with Crippen LogP contribution in [0.25, 0.3) is 5.65 Å². The van der Waals surface area contributed by atoms with E-state index in [1.807, 2.05) is 0 Å². The number of anilines is 1. The summed E-state index contributed by atoms with van der Waals surface area (Å²) in [5, 5.41) is 7.11. The number of nitrogens with zero attached hydrogens (tertiary/aromatic N) is 3. The van der Waals surface area contributed by atoms with E-state index in [0.29, 0.717) is 18.1 Å². The SMILES string of the molecule is CC12CCC(C(=O)Nc3ccnc4ccnn34)(C1)OC2. The largest absolute Gasteiger partial charge is 0.365 e. The van der Waals surface area contributed by atoms with Gasteiger partial charge in [0, 0.05) is 12.3 Å². The van der Waals surface area contributed by atoms with E-state index in [1.54, 1.807) is 29.0 Å². The number of nitrogens with one attached hydrogen (secondary N) is 1. The van der Waals surface area contributed by atoms with Gasteiger partial charge in [-0.1, -0.05) is 6.92 Å². The van der Waals surface area contributed by atoms with Gasteiger partial charge >= 0.3 is 0 Å². The average molecular weight is 272 g/mol. The third-order valence-electron chi connectivity index (χ3n) is 4.49. The van der Waals surface area contributed by atoms with E-state index in [9.17, 15) is 4.79 Å². The lowest BCUT2D eigenvalue weighted by Crippen LogP contribution is -2.41. The molecule has 6 nitrogen and oxygen atoms in total. The van der Waals surface area contributed by atoms with Gasteiger partial charge in [0.15, 0.2) is 5.65 Å². The lowest BCUT2D eigenvalue weighted by atomic mass is 9.90. The van der Waals surface area contributed by atoms with E-state index in [2.05, 4.69) is 22.3 Å². The number of hydrogen-bond acceptors (Lipinski definition) is 4. The lowest BCUT2D eigenvalue weighted by molar-refractivity contribution is -0.137. The number of amides is 1. The van der Waals surface area contributed by atoms with E-state index in [-0.39, 0.29) is 11.3 Å². The van der Waals surface area contributed by atoms with Gasteiger partial charge in [-0.05, 0) is 30.7 Å². The third-order valence-corrected chi connectivity index (χ3v) is 4.49. The van der Waals surface area contributed by atoms with Crippen LogP contribution in [0.1, 0.15) is 26.2 Å². The van der Waals surface area contributed by atoms with Gasteiger partial charge in [0.1, 0.15) is 11.4 Å². The quantitative estimate of drug-likeness (QED) is 0.902. The average Bonchev–Trinajstić information content (AvgIpc) is 3.11. The molecule has 1 aliphatic carbocycles. The van der Waals surface area contributed by atoms with E-state index < -0.39 is 5.60 Å². The predicted molar refractivity (Wildman–Crippen MR) is 72.3 cm³/mol.